The molecule has 2 aromatic rings. The second kappa shape index (κ2) is 8.36. The number of carbonyl (C=O) groups excluding carboxylic acids is 1. The molecule has 0 aliphatic heterocycles. The number of nitrogens with zero attached hydrogens (tertiary/aromatic N) is 1. The maximum absolute atomic E-state index is 12.6. The molecular formula is C20H26N2O3S. The van der Waals surface area contributed by atoms with Crippen molar-refractivity contribution in [2.45, 2.75) is 39.8 Å². The molecule has 0 aromatic heterocycles. The summed E-state index contributed by atoms with van der Waals surface area (Å²) < 4.78 is 25.7. The van der Waals surface area contributed by atoms with Crippen LogP contribution >= 0.6 is 0 Å². The second-order valence-electron chi connectivity index (χ2n) is 6.46. The third-order valence-electron chi connectivity index (χ3n) is 4.27. The summed E-state index contributed by atoms with van der Waals surface area (Å²) in [6, 6.07) is 14.2. The Morgan fingerprint density at radius 1 is 1.04 bits per heavy atom. The molecule has 5 nitrogen and oxygen atoms in total. The first-order chi connectivity index (χ1) is 12.2. The van der Waals surface area contributed by atoms with E-state index in [9.17, 15) is 13.2 Å². The molecular weight excluding hydrogens is 348 g/mol. The van der Waals surface area contributed by atoms with E-state index < -0.39 is 16.1 Å². The average Bonchev–Trinajstić information content (AvgIpc) is 2.60. The van der Waals surface area contributed by atoms with E-state index in [1.807, 2.05) is 50.2 Å². The zero-order valence-corrected chi connectivity index (χ0v) is 16.5. The minimum atomic E-state index is -3.60. The van der Waals surface area contributed by atoms with Crippen LogP contribution in [0.3, 0.4) is 0 Å². The lowest BCUT2D eigenvalue weighted by Crippen LogP contribution is -2.47. The highest BCUT2D eigenvalue weighted by Crippen LogP contribution is 2.21. The highest BCUT2D eigenvalue weighted by atomic mass is 32.2. The summed E-state index contributed by atoms with van der Waals surface area (Å²) >= 11 is 0. The van der Waals surface area contributed by atoms with Crippen LogP contribution in [-0.2, 0) is 27.8 Å². The topological polar surface area (TPSA) is 66.5 Å². The number of anilines is 1. The van der Waals surface area contributed by atoms with Crippen LogP contribution in [0.1, 0.15) is 30.5 Å². The molecule has 1 atom stereocenters. The first-order valence-electron chi connectivity index (χ1n) is 8.64. The number of hydrogen-bond donors (Lipinski definition) is 1. The van der Waals surface area contributed by atoms with Gasteiger partial charge in [-0.3, -0.25) is 9.10 Å². The van der Waals surface area contributed by atoms with Gasteiger partial charge in [-0.1, -0.05) is 48.9 Å². The lowest BCUT2D eigenvalue weighted by atomic mass is 10.1. The summed E-state index contributed by atoms with van der Waals surface area (Å²) in [5.74, 6) is -0.337. The van der Waals surface area contributed by atoms with E-state index in [4.69, 9.17) is 0 Å². The molecule has 1 N–H and O–H groups in total. The van der Waals surface area contributed by atoms with Crippen LogP contribution in [0.4, 0.5) is 5.69 Å². The molecule has 0 aliphatic rings. The van der Waals surface area contributed by atoms with Crippen LogP contribution in [0.25, 0.3) is 0 Å². The zero-order chi connectivity index (χ0) is 19.3. The fourth-order valence-electron chi connectivity index (χ4n) is 2.73. The zero-order valence-electron chi connectivity index (χ0n) is 15.7. The smallest absolute Gasteiger partial charge is 0.243 e. The lowest BCUT2D eigenvalue weighted by molar-refractivity contribution is -0.122. The minimum absolute atomic E-state index is 0.337. The van der Waals surface area contributed by atoms with Gasteiger partial charge in [0.25, 0.3) is 0 Å². The number of sulfonamides is 1. The van der Waals surface area contributed by atoms with Crippen LogP contribution in [0.15, 0.2) is 48.5 Å². The Bertz CT molecular complexity index is 844. The maximum Gasteiger partial charge on any atom is 0.243 e. The van der Waals surface area contributed by atoms with E-state index in [1.165, 1.54) is 0 Å². The number of carbonyl (C=O) groups is 1. The van der Waals surface area contributed by atoms with Gasteiger partial charge >= 0.3 is 0 Å². The highest BCUT2D eigenvalue weighted by Gasteiger charge is 2.28. The van der Waals surface area contributed by atoms with Crippen LogP contribution < -0.4 is 9.62 Å². The van der Waals surface area contributed by atoms with Gasteiger partial charge in [-0.2, -0.15) is 0 Å². The molecule has 0 saturated carbocycles. The molecule has 0 fully saturated rings. The molecule has 0 aliphatic carbocycles. The van der Waals surface area contributed by atoms with E-state index in [1.54, 1.807) is 19.1 Å². The molecule has 2 rings (SSSR count). The van der Waals surface area contributed by atoms with Crippen molar-refractivity contribution in [3.8, 4) is 0 Å². The Balaban J connectivity index is 2.16. The maximum atomic E-state index is 12.6. The fraction of sp³-hybridized carbons (Fsp3) is 0.350. The third-order valence-corrected chi connectivity index (χ3v) is 5.52. The van der Waals surface area contributed by atoms with Gasteiger partial charge in [0.15, 0.2) is 0 Å². The van der Waals surface area contributed by atoms with Crippen LogP contribution in [-0.4, -0.2) is 26.6 Å². The summed E-state index contributed by atoms with van der Waals surface area (Å²) in [5, 5.41) is 2.82. The van der Waals surface area contributed by atoms with Crippen molar-refractivity contribution in [2.75, 3.05) is 10.6 Å². The van der Waals surface area contributed by atoms with Crippen LogP contribution in [0.5, 0.6) is 0 Å². The van der Waals surface area contributed by atoms with E-state index in [0.29, 0.717) is 12.2 Å². The molecule has 1 amide bonds. The molecule has 0 saturated heterocycles. The molecule has 140 valence electrons. The third kappa shape index (κ3) is 5.08. The van der Waals surface area contributed by atoms with Crippen molar-refractivity contribution in [1.29, 1.82) is 0 Å². The molecule has 0 unspecified atom stereocenters. The normalized spacial score (nSPS) is 12.5. The number of hydrogen-bond acceptors (Lipinski definition) is 3. The van der Waals surface area contributed by atoms with Gasteiger partial charge < -0.3 is 5.32 Å². The molecule has 2 aromatic carbocycles. The quantitative estimate of drug-likeness (QED) is 0.810. The van der Waals surface area contributed by atoms with Gasteiger partial charge in [-0.05, 0) is 43.5 Å². The predicted octanol–water partition coefficient (Wildman–Crippen LogP) is 3.03. The van der Waals surface area contributed by atoms with Crippen molar-refractivity contribution < 1.29 is 13.2 Å². The Hall–Kier alpha value is -2.34. The average molecular weight is 375 g/mol. The van der Waals surface area contributed by atoms with Crippen molar-refractivity contribution in [1.82, 2.24) is 5.32 Å². The number of benzene rings is 2. The van der Waals surface area contributed by atoms with Crippen molar-refractivity contribution in [3.63, 3.8) is 0 Å². The van der Waals surface area contributed by atoms with Gasteiger partial charge in [0.05, 0.1) is 11.9 Å². The standard InChI is InChI=1S/C20H26N2O3S/c1-5-17-10-12-19(13-11-17)22(26(4,24)25)16(3)20(23)21-14-18-8-6-15(2)7-9-18/h6-13,16H,5,14H2,1-4H3,(H,21,23)/t16-/m0/s1. The Labute approximate surface area is 156 Å². The number of nitrogens with one attached hydrogen (secondary N) is 1. The summed E-state index contributed by atoms with van der Waals surface area (Å²) in [6.45, 7) is 5.98. The van der Waals surface area contributed by atoms with E-state index >= 15 is 0 Å². The van der Waals surface area contributed by atoms with Gasteiger partial charge in [0.2, 0.25) is 15.9 Å². The minimum Gasteiger partial charge on any atom is -0.350 e. The molecule has 6 heteroatoms. The van der Waals surface area contributed by atoms with Crippen molar-refractivity contribution >= 4 is 21.6 Å². The molecule has 0 heterocycles. The van der Waals surface area contributed by atoms with Crippen LogP contribution in [0, 0.1) is 6.92 Å². The molecule has 0 spiro atoms. The number of rotatable bonds is 7. The fourth-order valence-corrected chi connectivity index (χ4v) is 3.91. The van der Waals surface area contributed by atoms with Crippen LogP contribution in [0.2, 0.25) is 0 Å². The molecule has 0 radical (unpaired) electrons. The monoisotopic (exact) mass is 374 g/mol. The first-order valence-corrected chi connectivity index (χ1v) is 10.5. The van der Waals surface area contributed by atoms with Gasteiger partial charge in [-0.15, -0.1) is 0 Å². The Morgan fingerprint density at radius 2 is 1.58 bits per heavy atom. The Morgan fingerprint density at radius 3 is 2.08 bits per heavy atom. The van der Waals surface area contributed by atoms with Gasteiger partial charge in [0, 0.05) is 6.54 Å². The number of aryl methyl sites for hydroxylation is 2. The largest absolute Gasteiger partial charge is 0.350 e. The first kappa shape index (κ1) is 20.0. The highest BCUT2D eigenvalue weighted by molar-refractivity contribution is 7.92. The summed E-state index contributed by atoms with van der Waals surface area (Å²) in [6.07, 6.45) is 1.98. The second-order valence-corrected chi connectivity index (χ2v) is 8.32. The SMILES string of the molecule is CCc1ccc(N([C@@H](C)C(=O)NCc2ccc(C)cc2)S(C)(=O)=O)cc1. The number of amides is 1. The van der Waals surface area contributed by atoms with Gasteiger partial charge in [0.1, 0.15) is 6.04 Å². The molecule has 0 bridgehead atoms. The van der Waals surface area contributed by atoms with Gasteiger partial charge in [-0.25, -0.2) is 8.42 Å². The van der Waals surface area contributed by atoms with Crippen molar-refractivity contribution in [2.24, 2.45) is 0 Å². The summed E-state index contributed by atoms with van der Waals surface area (Å²) in [5.41, 5.74) is 3.71. The summed E-state index contributed by atoms with van der Waals surface area (Å²) in [7, 11) is -3.60. The Kier molecular flexibility index (Phi) is 6.42. The van der Waals surface area contributed by atoms with Crippen molar-refractivity contribution in [3.05, 3.63) is 65.2 Å². The molecule has 26 heavy (non-hydrogen) atoms. The van der Waals surface area contributed by atoms with E-state index in [2.05, 4.69) is 5.32 Å². The predicted molar refractivity (Wildman–Crippen MR) is 106 cm³/mol. The van der Waals surface area contributed by atoms with E-state index in [0.717, 1.165) is 33.7 Å². The summed E-state index contributed by atoms with van der Waals surface area (Å²) in [4.78, 5) is 12.6. The van der Waals surface area contributed by atoms with E-state index in [-0.39, 0.29) is 5.91 Å². The lowest BCUT2D eigenvalue weighted by Gasteiger charge is -2.28.